The average Bonchev–Trinajstić information content (AvgIpc) is 3.30. The number of fused-ring (bicyclic) bond motifs is 1. The van der Waals surface area contributed by atoms with Crippen LogP contribution >= 0.6 is 0 Å². The van der Waals surface area contributed by atoms with E-state index in [2.05, 4.69) is 22.8 Å². The number of benzene rings is 1. The molecule has 2 aromatic heterocycles. The molecule has 0 spiro atoms. The van der Waals surface area contributed by atoms with Crippen LogP contribution in [0.15, 0.2) is 42.7 Å². The minimum Gasteiger partial charge on any atom is -0.333 e. The lowest BCUT2D eigenvalue weighted by Crippen LogP contribution is -2.39. The second kappa shape index (κ2) is 7.32. The molecule has 1 amide bonds. The van der Waals surface area contributed by atoms with E-state index in [0.717, 1.165) is 55.6 Å². The first-order valence-electron chi connectivity index (χ1n) is 9.42. The number of carbonyl (C=O) groups is 1. The molecule has 136 valence electrons. The Kier molecular flexibility index (Phi) is 4.73. The molecule has 0 aliphatic carbocycles. The zero-order chi connectivity index (χ0) is 17.9. The van der Waals surface area contributed by atoms with E-state index in [1.807, 2.05) is 40.0 Å². The summed E-state index contributed by atoms with van der Waals surface area (Å²) >= 11 is 0. The molecule has 1 aliphatic heterocycles. The summed E-state index contributed by atoms with van der Waals surface area (Å²) in [5.41, 5.74) is 2.13. The highest BCUT2D eigenvalue weighted by Crippen LogP contribution is 2.32. The summed E-state index contributed by atoms with van der Waals surface area (Å²) in [5.74, 6) is 1.24. The van der Waals surface area contributed by atoms with Crippen molar-refractivity contribution >= 4 is 16.9 Å². The lowest BCUT2D eigenvalue weighted by atomic mass is 10.0. The number of aryl methyl sites for hydroxylation is 2. The Balaban J connectivity index is 1.50. The number of hydrogen-bond donors (Lipinski definition) is 0. The van der Waals surface area contributed by atoms with Gasteiger partial charge in [0.15, 0.2) is 0 Å². The molecule has 0 saturated carbocycles. The summed E-state index contributed by atoms with van der Waals surface area (Å²) < 4.78 is 4.03. The van der Waals surface area contributed by atoms with Crippen molar-refractivity contribution in [2.75, 3.05) is 6.54 Å². The van der Waals surface area contributed by atoms with Crippen LogP contribution in [0.5, 0.6) is 0 Å². The van der Waals surface area contributed by atoms with E-state index < -0.39 is 0 Å². The second-order valence-electron chi connectivity index (χ2n) is 6.99. The highest BCUT2D eigenvalue weighted by molar-refractivity contribution is 5.78. The molecule has 0 unspecified atom stereocenters. The Bertz CT molecular complexity index is 883. The number of imidazole rings is 1. The summed E-state index contributed by atoms with van der Waals surface area (Å²) in [7, 11) is 2.06. The zero-order valence-corrected chi connectivity index (χ0v) is 15.2. The Labute approximate surface area is 153 Å². The molecular formula is C20H25N5O. The summed E-state index contributed by atoms with van der Waals surface area (Å²) in [6, 6.07) is 10.2. The molecular weight excluding hydrogens is 326 g/mol. The van der Waals surface area contributed by atoms with E-state index in [4.69, 9.17) is 4.98 Å². The minimum absolute atomic E-state index is 0.0818. The van der Waals surface area contributed by atoms with E-state index in [0.29, 0.717) is 6.42 Å². The summed E-state index contributed by atoms with van der Waals surface area (Å²) in [6.07, 6.45) is 8.28. The molecule has 1 aliphatic rings. The van der Waals surface area contributed by atoms with Crippen molar-refractivity contribution in [3.05, 3.63) is 48.5 Å². The third kappa shape index (κ3) is 3.23. The van der Waals surface area contributed by atoms with Crippen molar-refractivity contribution in [1.82, 2.24) is 24.2 Å². The van der Waals surface area contributed by atoms with E-state index in [-0.39, 0.29) is 11.9 Å². The summed E-state index contributed by atoms with van der Waals surface area (Å²) in [5, 5.41) is 4.20. The second-order valence-corrected chi connectivity index (χ2v) is 6.99. The monoisotopic (exact) mass is 351 g/mol. The van der Waals surface area contributed by atoms with Gasteiger partial charge in [0.25, 0.3) is 0 Å². The van der Waals surface area contributed by atoms with Crippen molar-refractivity contribution in [1.29, 1.82) is 0 Å². The number of likely N-dealkylation sites (tertiary alicyclic amines) is 1. The molecule has 1 aromatic carbocycles. The summed E-state index contributed by atoms with van der Waals surface area (Å²) in [4.78, 5) is 19.8. The Hall–Kier alpha value is -2.63. The van der Waals surface area contributed by atoms with Gasteiger partial charge >= 0.3 is 0 Å². The quantitative estimate of drug-likeness (QED) is 0.709. The van der Waals surface area contributed by atoms with Gasteiger partial charge in [0.1, 0.15) is 5.82 Å². The van der Waals surface area contributed by atoms with Crippen LogP contribution in [0.25, 0.3) is 11.0 Å². The first kappa shape index (κ1) is 16.8. The van der Waals surface area contributed by atoms with Gasteiger partial charge in [-0.3, -0.25) is 9.48 Å². The van der Waals surface area contributed by atoms with Crippen LogP contribution in [0, 0.1) is 0 Å². The van der Waals surface area contributed by atoms with E-state index in [9.17, 15) is 4.79 Å². The number of nitrogens with zero attached hydrogens (tertiary/aromatic N) is 5. The summed E-state index contributed by atoms with van der Waals surface area (Å²) in [6.45, 7) is 1.61. The fourth-order valence-corrected chi connectivity index (χ4v) is 3.93. The first-order valence-corrected chi connectivity index (χ1v) is 9.42. The molecule has 3 aromatic rings. The largest absolute Gasteiger partial charge is 0.333 e. The van der Waals surface area contributed by atoms with Crippen LogP contribution in [-0.4, -0.2) is 36.7 Å². The van der Waals surface area contributed by atoms with E-state index in [1.54, 1.807) is 6.20 Å². The third-order valence-corrected chi connectivity index (χ3v) is 5.28. The van der Waals surface area contributed by atoms with Crippen LogP contribution in [0.1, 0.15) is 44.0 Å². The average molecular weight is 351 g/mol. The van der Waals surface area contributed by atoms with E-state index in [1.165, 1.54) is 0 Å². The number of rotatable bonds is 5. The molecule has 6 heteroatoms. The van der Waals surface area contributed by atoms with Gasteiger partial charge in [-0.25, -0.2) is 4.98 Å². The lowest BCUT2D eigenvalue weighted by Gasteiger charge is -2.35. The third-order valence-electron chi connectivity index (χ3n) is 5.28. The number of para-hydroxylation sites is 2. The number of carbonyl (C=O) groups excluding carboxylic acids is 1. The van der Waals surface area contributed by atoms with Crippen molar-refractivity contribution in [2.24, 2.45) is 7.05 Å². The highest BCUT2D eigenvalue weighted by atomic mass is 16.2. The maximum absolute atomic E-state index is 12.9. The molecule has 3 heterocycles. The standard InChI is InChI=1S/C20H25N5O/c1-23-17-9-3-2-8-16(17)22-20(23)18-10-4-5-15-25(18)19(26)11-6-13-24-14-7-12-21-24/h2-3,7-9,12,14,18H,4-6,10-11,13,15H2,1H3/t18-/m1/s1. The van der Waals surface area contributed by atoms with Gasteiger partial charge in [0.05, 0.1) is 17.1 Å². The molecule has 1 fully saturated rings. The fraction of sp³-hybridized carbons (Fsp3) is 0.450. The van der Waals surface area contributed by atoms with Crippen molar-refractivity contribution in [2.45, 2.75) is 44.7 Å². The fourth-order valence-electron chi connectivity index (χ4n) is 3.93. The number of aromatic nitrogens is 4. The van der Waals surface area contributed by atoms with Crippen molar-refractivity contribution < 1.29 is 4.79 Å². The van der Waals surface area contributed by atoms with Crippen LogP contribution in [0.3, 0.4) is 0 Å². The predicted molar refractivity (Wildman–Crippen MR) is 100 cm³/mol. The maximum Gasteiger partial charge on any atom is 0.223 e. The number of hydrogen-bond acceptors (Lipinski definition) is 3. The Morgan fingerprint density at radius 2 is 2.12 bits per heavy atom. The van der Waals surface area contributed by atoms with Crippen LogP contribution in [-0.2, 0) is 18.4 Å². The molecule has 0 N–H and O–H groups in total. The molecule has 4 rings (SSSR count). The van der Waals surface area contributed by atoms with Gasteiger partial charge in [-0.2, -0.15) is 5.10 Å². The smallest absolute Gasteiger partial charge is 0.223 e. The molecule has 26 heavy (non-hydrogen) atoms. The van der Waals surface area contributed by atoms with Gasteiger partial charge < -0.3 is 9.47 Å². The first-order chi connectivity index (χ1) is 12.7. The van der Waals surface area contributed by atoms with Gasteiger partial charge in [-0.1, -0.05) is 12.1 Å². The molecule has 1 saturated heterocycles. The van der Waals surface area contributed by atoms with Crippen LogP contribution < -0.4 is 0 Å². The minimum atomic E-state index is 0.0818. The molecule has 1 atom stereocenters. The maximum atomic E-state index is 12.9. The van der Waals surface area contributed by atoms with E-state index >= 15 is 0 Å². The Morgan fingerprint density at radius 3 is 2.92 bits per heavy atom. The molecule has 6 nitrogen and oxygen atoms in total. The highest BCUT2D eigenvalue weighted by Gasteiger charge is 2.30. The topological polar surface area (TPSA) is 56.0 Å². The van der Waals surface area contributed by atoms with Gasteiger partial charge in [-0.05, 0) is 43.9 Å². The number of amides is 1. The normalized spacial score (nSPS) is 17.7. The van der Waals surface area contributed by atoms with Crippen LogP contribution in [0.2, 0.25) is 0 Å². The van der Waals surface area contributed by atoms with Crippen molar-refractivity contribution in [3.8, 4) is 0 Å². The number of piperidine rings is 1. The lowest BCUT2D eigenvalue weighted by molar-refractivity contribution is -0.135. The predicted octanol–water partition coefficient (Wildman–Crippen LogP) is 3.30. The van der Waals surface area contributed by atoms with Gasteiger partial charge in [0.2, 0.25) is 5.91 Å². The molecule has 0 bridgehead atoms. The molecule has 0 radical (unpaired) electrons. The SMILES string of the molecule is Cn1c([C@H]2CCCCN2C(=O)CCCn2cccn2)nc2ccccc21. The zero-order valence-electron chi connectivity index (χ0n) is 15.2. The van der Waals surface area contributed by atoms with Crippen LogP contribution in [0.4, 0.5) is 0 Å². The van der Waals surface area contributed by atoms with Gasteiger partial charge in [-0.15, -0.1) is 0 Å². The Morgan fingerprint density at radius 1 is 1.23 bits per heavy atom. The van der Waals surface area contributed by atoms with Gasteiger partial charge in [0, 0.05) is 39.0 Å². The van der Waals surface area contributed by atoms with Crippen molar-refractivity contribution in [3.63, 3.8) is 0 Å².